The molecular weight excluding hydrogens is 382 g/mol. The molecule has 0 bridgehead atoms. The van der Waals surface area contributed by atoms with Crippen molar-refractivity contribution in [2.24, 2.45) is 4.99 Å². The zero-order chi connectivity index (χ0) is 18.7. The summed E-state index contributed by atoms with van der Waals surface area (Å²) in [6.07, 6.45) is 6.65. The SMILES string of the molecule is CC1=CC(N=C2SCC(C)N2C(=S)Nc2cccc(Cl)c2)CCC(C)=C1. The number of hydrogen-bond donors (Lipinski definition) is 1. The summed E-state index contributed by atoms with van der Waals surface area (Å²) in [4.78, 5) is 7.17. The number of amidine groups is 1. The maximum absolute atomic E-state index is 6.08. The van der Waals surface area contributed by atoms with Gasteiger partial charge in [-0.3, -0.25) is 9.89 Å². The monoisotopic (exact) mass is 405 g/mol. The third-order valence-corrected chi connectivity index (χ3v) is 6.18. The average Bonchev–Trinajstić information content (AvgIpc) is 2.84. The average molecular weight is 406 g/mol. The van der Waals surface area contributed by atoms with Gasteiger partial charge in [0.05, 0.1) is 6.04 Å². The molecule has 2 aliphatic rings. The van der Waals surface area contributed by atoms with Crippen LogP contribution in [0, 0.1) is 0 Å². The van der Waals surface area contributed by atoms with E-state index in [9.17, 15) is 0 Å². The number of benzene rings is 1. The van der Waals surface area contributed by atoms with E-state index in [4.69, 9.17) is 28.8 Å². The number of nitrogens with one attached hydrogen (secondary N) is 1. The molecular formula is C20H24ClN3S2. The third kappa shape index (κ3) is 4.90. The third-order valence-electron chi connectivity index (χ3n) is 4.44. The van der Waals surface area contributed by atoms with Crippen molar-refractivity contribution in [3.8, 4) is 0 Å². The summed E-state index contributed by atoms with van der Waals surface area (Å²) >= 11 is 13.5. The zero-order valence-corrected chi connectivity index (χ0v) is 17.7. The number of anilines is 1. The Morgan fingerprint density at radius 1 is 1.38 bits per heavy atom. The van der Waals surface area contributed by atoms with Gasteiger partial charge in [-0.2, -0.15) is 0 Å². The number of thiocarbonyl (C=S) groups is 1. The molecule has 1 aromatic carbocycles. The molecule has 1 fully saturated rings. The summed E-state index contributed by atoms with van der Waals surface area (Å²) in [7, 11) is 0. The smallest absolute Gasteiger partial charge is 0.179 e. The lowest BCUT2D eigenvalue weighted by molar-refractivity contribution is 0.530. The van der Waals surface area contributed by atoms with Crippen molar-refractivity contribution in [1.82, 2.24) is 4.90 Å². The normalized spacial score (nSPS) is 24.9. The van der Waals surface area contributed by atoms with E-state index >= 15 is 0 Å². The molecule has 1 aliphatic heterocycles. The van der Waals surface area contributed by atoms with Crippen molar-refractivity contribution < 1.29 is 0 Å². The van der Waals surface area contributed by atoms with Crippen molar-refractivity contribution in [3.63, 3.8) is 0 Å². The quantitative estimate of drug-likeness (QED) is 0.621. The van der Waals surface area contributed by atoms with Gasteiger partial charge < -0.3 is 5.32 Å². The molecule has 1 aromatic rings. The highest BCUT2D eigenvalue weighted by Crippen LogP contribution is 2.28. The summed E-state index contributed by atoms with van der Waals surface area (Å²) in [6, 6.07) is 8.13. The molecule has 6 heteroatoms. The highest BCUT2D eigenvalue weighted by Gasteiger charge is 2.30. The summed E-state index contributed by atoms with van der Waals surface area (Å²) in [6.45, 7) is 6.52. The zero-order valence-electron chi connectivity index (χ0n) is 15.3. The number of thioether (sulfide) groups is 1. The van der Waals surface area contributed by atoms with Crippen LogP contribution in [0.5, 0.6) is 0 Å². The summed E-state index contributed by atoms with van der Waals surface area (Å²) in [5, 5.41) is 5.67. The van der Waals surface area contributed by atoms with E-state index in [1.165, 1.54) is 11.1 Å². The number of hydrogen-bond acceptors (Lipinski definition) is 3. The molecule has 1 aliphatic carbocycles. The minimum atomic E-state index is 0.202. The number of rotatable bonds is 2. The highest BCUT2D eigenvalue weighted by molar-refractivity contribution is 8.14. The molecule has 0 aromatic heterocycles. The fourth-order valence-corrected chi connectivity index (χ4v) is 4.97. The minimum absolute atomic E-state index is 0.202. The second-order valence-corrected chi connectivity index (χ2v) is 8.70. The molecule has 138 valence electrons. The first-order chi connectivity index (χ1) is 12.4. The van der Waals surface area contributed by atoms with Gasteiger partial charge in [-0.05, 0) is 64.0 Å². The maximum atomic E-state index is 6.08. The molecule has 26 heavy (non-hydrogen) atoms. The fourth-order valence-electron chi connectivity index (χ4n) is 3.18. The van der Waals surface area contributed by atoms with Gasteiger partial charge in [-0.15, -0.1) is 0 Å². The van der Waals surface area contributed by atoms with Gasteiger partial charge in [-0.1, -0.05) is 52.7 Å². The van der Waals surface area contributed by atoms with E-state index < -0.39 is 0 Å². The second kappa shape index (κ2) is 8.59. The standard InChI is InChI=1S/C20H24ClN3S2/c1-13-7-8-18(10-14(2)9-13)23-20-24(15(3)12-26-20)19(25)22-17-6-4-5-16(21)11-17/h4-6,9-11,15,18H,7-8,12H2,1-3H3,(H,22,25). The van der Waals surface area contributed by atoms with E-state index in [2.05, 4.69) is 43.1 Å². The van der Waals surface area contributed by atoms with E-state index in [-0.39, 0.29) is 6.04 Å². The Morgan fingerprint density at radius 2 is 2.19 bits per heavy atom. The van der Waals surface area contributed by atoms with Crippen LogP contribution in [0.2, 0.25) is 5.02 Å². The molecule has 1 saturated heterocycles. The van der Waals surface area contributed by atoms with E-state index in [0.717, 1.165) is 29.4 Å². The maximum Gasteiger partial charge on any atom is 0.179 e. The molecule has 2 atom stereocenters. The summed E-state index contributed by atoms with van der Waals surface area (Å²) in [5.41, 5.74) is 3.61. The number of halogens is 1. The molecule has 0 saturated carbocycles. The van der Waals surface area contributed by atoms with Crippen LogP contribution in [-0.2, 0) is 0 Å². The second-order valence-electron chi connectivity index (χ2n) is 6.89. The first kappa shape index (κ1) is 19.5. The van der Waals surface area contributed by atoms with Gasteiger partial charge in [0.25, 0.3) is 0 Å². The van der Waals surface area contributed by atoms with Crippen molar-refractivity contribution >= 4 is 51.5 Å². The molecule has 3 rings (SSSR count). The van der Waals surface area contributed by atoms with E-state index in [1.54, 1.807) is 11.8 Å². The van der Waals surface area contributed by atoms with Crippen molar-refractivity contribution in [2.45, 2.75) is 45.7 Å². The Kier molecular flexibility index (Phi) is 6.43. The first-order valence-electron chi connectivity index (χ1n) is 8.84. The Labute approximate surface area is 170 Å². The van der Waals surface area contributed by atoms with Crippen LogP contribution in [0.1, 0.15) is 33.6 Å². The van der Waals surface area contributed by atoms with Gasteiger partial charge in [0.1, 0.15) is 0 Å². The lowest BCUT2D eigenvalue weighted by Crippen LogP contribution is -2.40. The molecule has 1 N–H and O–H groups in total. The predicted octanol–water partition coefficient (Wildman–Crippen LogP) is 5.89. The topological polar surface area (TPSA) is 27.6 Å². The Morgan fingerprint density at radius 3 is 2.96 bits per heavy atom. The summed E-state index contributed by atoms with van der Waals surface area (Å²) < 4.78 is 0. The molecule has 0 amide bonds. The van der Waals surface area contributed by atoms with Crippen LogP contribution in [0.3, 0.4) is 0 Å². The molecule has 0 spiro atoms. The van der Waals surface area contributed by atoms with Crippen LogP contribution in [0.25, 0.3) is 0 Å². The van der Waals surface area contributed by atoms with Crippen molar-refractivity contribution in [2.75, 3.05) is 11.1 Å². The van der Waals surface area contributed by atoms with Crippen LogP contribution in [0.15, 0.2) is 52.6 Å². The predicted molar refractivity (Wildman–Crippen MR) is 119 cm³/mol. The number of allylic oxidation sites excluding steroid dienone is 3. The number of aliphatic imine (C=N–C) groups is 1. The van der Waals surface area contributed by atoms with Gasteiger partial charge in [-0.25, -0.2) is 0 Å². The van der Waals surface area contributed by atoms with Crippen LogP contribution < -0.4 is 5.32 Å². The van der Waals surface area contributed by atoms with E-state index in [1.807, 2.05) is 24.3 Å². The van der Waals surface area contributed by atoms with Crippen LogP contribution in [0.4, 0.5) is 5.69 Å². The van der Waals surface area contributed by atoms with Crippen LogP contribution >= 0.6 is 35.6 Å². The van der Waals surface area contributed by atoms with Gasteiger partial charge in [0, 0.05) is 22.5 Å². The molecule has 2 unspecified atom stereocenters. The largest absolute Gasteiger partial charge is 0.332 e. The van der Waals surface area contributed by atoms with Crippen molar-refractivity contribution in [3.05, 3.63) is 52.6 Å². The van der Waals surface area contributed by atoms with Crippen LogP contribution in [-0.4, -0.2) is 33.0 Å². The minimum Gasteiger partial charge on any atom is -0.332 e. The molecule has 1 heterocycles. The first-order valence-corrected chi connectivity index (χ1v) is 10.6. The van der Waals surface area contributed by atoms with Crippen molar-refractivity contribution in [1.29, 1.82) is 0 Å². The van der Waals surface area contributed by atoms with Gasteiger partial charge in [0.15, 0.2) is 10.3 Å². The van der Waals surface area contributed by atoms with Gasteiger partial charge in [0.2, 0.25) is 0 Å². The van der Waals surface area contributed by atoms with Gasteiger partial charge >= 0.3 is 0 Å². The molecule has 3 nitrogen and oxygen atoms in total. The Balaban J connectivity index is 1.77. The molecule has 0 radical (unpaired) electrons. The highest BCUT2D eigenvalue weighted by atomic mass is 35.5. The number of nitrogens with zero attached hydrogens (tertiary/aromatic N) is 2. The lowest BCUT2D eigenvalue weighted by atomic mass is 10.1. The lowest BCUT2D eigenvalue weighted by Gasteiger charge is -2.25. The Bertz CT molecular complexity index is 785. The van der Waals surface area contributed by atoms with E-state index in [0.29, 0.717) is 16.2 Å². The Hall–Kier alpha value is -1.30. The fraction of sp³-hybridized carbons (Fsp3) is 0.400. The summed E-state index contributed by atoms with van der Waals surface area (Å²) in [5.74, 6) is 0.989.